The van der Waals surface area contributed by atoms with Crippen molar-refractivity contribution in [3.63, 3.8) is 0 Å². The maximum atomic E-state index is 12.5. The minimum absolute atomic E-state index is 0.284. The van der Waals surface area contributed by atoms with Gasteiger partial charge < -0.3 is 9.47 Å². The van der Waals surface area contributed by atoms with E-state index in [1.54, 1.807) is 12.1 Å². The molecule has 0 spiro atoms. The number of aromatic nitrogens is 2. The van der Waals surface area contributed by atoms with Gasteiger partial charge in [0.05, 0.1) is 47.8 Å². The molecule has 0 aliphatic carbocycles. The highest BCUT2D eigenvalue weighted by molar-refractivity contribution is 6.02. The molecule has 3 aromatic carbocycles. The van der Waals surface area contributed by atoms with Gasteiger partial charge in [0.15, 0.2) is 0 Å². The molecule has 1 heterocycles. The number of benzene rings is 3. The van der Waals surface area contributed by atoms with E-state index in [4.69, 9.17) is 19.4 Å². The largest absolute Gasteiger partial charge is 0.465 e. The molecule has 0 fully saturated rings. The first-order chi connectivity index (χ1) is 14.6. The van der Waals surface area contributed by atoms with Crippen molar-refractivity contribution in [2.45, 2.75) is 0 Å². The van der Waals surface area contributed by atoms with E-state index < -0.39 is 11.9 Å². The summed E-state index contributed by atoms with van der Waals surface area (Å²) in [7, 11) is 2.62. The van der Waals surface area contributed by atoms with Crippen LogP contribution in [0.2, 0.25) is 0 Å². The monoisotopic (exact) mass is 398 g/mol. The lowest BCUT2D eigenvalue weighted by molar-refractivity contribution is 0.0587. The highest BCUT2D eigenvalue weighted by Crippen LogP contribution is 2.34. The summed E-state index contributed by atoms with van der Waals surface area (Å²) in [6, 6.07) is 21.7. The molecule has 1 aromatic heterocycles. The van der Waals surface area contributed by atoms with Crippen LogP contribution in [0.15, 0.2) is 72.8 Å². The van der Waals surface area contributed by atoms with Gasteiger partial charge in [-0.05, 0) is 30.3 Å². The molecule has 30 heavy (non-hydrogen) atoms. The molecular formula is C24H18N2O4. The Kier molecular flexibility index (Phi) is 5.22. The molecule has 0 bridgehead atoms. The summed E-state index contributed by atoms with van der Waals surface area (Å²) in [6.07, 6.45) is 0. The fraction of sp³-hybridized carbons (Fsp3) is 0.0833. The fourth-order valence-electron chi connectivity index (χ4n) is 3.26. The Morgan fingerprint density at radius 2 is 1.30 bits per heavy atom. The van der Waals surface area contributed by atoms with Crippen molar-refractivity contribution < 1.29 is 19.1 Å². The van der Waals surface area contributed by atoms with Gasteiger partial charge in [-0.25, -0.2) is 19.6 Å². The van der Waals surface area contributed by atoms with Crippen LogP contribution < -0.4 is 0 Å². The molecule has 148 valence electrons. The van der Waals surface area contributed by atoms with Gasteiger partial charge in [0.2, 0.25) is 0 Å². The van der Waals surface area contributed by atoms with E-state index in [0.29, 0.717) is 28.0 Å². The standard InChI is InChI=1S/C24H18N2O4/c1-29-23(27)16-12-13-17(24(28)30-2)18(14-16)22-21(15-8-4-3-5-9-15)25-19-10-6-7-11-20(19)26-22/h3-14H,1-2H3. The second-order valence-corrected chi connectivity index (χ2v) is 6.52. The smallest absolute Gasteiger partial charge is 0.338 e. The summed E-state index contributed by atoms with van der Waals surface area (Å²) < 4.78 is 9.80. The zero-order valence-electron chi connectivity index (χ0n) is 16.5. The number of rotatable bonds is 4. The first-order valence-electron chi connectivity index (χ1n) is 9.25. The predicted molar refractivity (Wildman–Crippen MR) is 113 cm³/mol. The average Bonchev–Trinajstić information content (AvgIpc) is 2.82. The zero-order valence-corrected chi connectivity index (χ0v) is 16.5. The van der Waals surface area contributed by atoms with Crippen LogP contribution >= 0.6 is 0 Å². The topological polar surface area (TPSA) is 78.4 Å². The molecule has 0 radical (unpaired) electrons. The van der Waals surface area contributed by atoms with Gasteiger partial charge in [-0.2, -0.15) is 0 Å². The predicted octanol–water partition coefficient (Wildman–Crippen LogP) is 4.54. The number of ether oxygens (including phenoxy) is 2. The third-order valence-electron chi connectivity index (χ3n) is 4.72. The summed E-state index contributed by atoms with van der Waals surface area (Å²) in [6.45, 7) is 0. The molecule has 0 atom stereocenters. The van der Waals surface area contributed by atoms with E-state index in [1.165, 1.54) is 20.3 Å². The summed E-state index contributed by atoms with van der Waals surface area (Å²) in [5.74, 6) is -1.04. The number of para-hydroxylation sites is 2. The molecule has 0 unspecified atom stereocenters. The van der Waals surface area contributed by atoms with Crippen LogP contribution in [0.1, 0.15) is 20.7 Å². The molecule has 4 rings (SSSR count). The zero-order chi connectivity index (χ0) is 21.1. The molecule has 0 aliphatic rings. The number of carbonyl (C=O) groups is 2. The number of carbonyl (C=O) groups excluding carboxylic acids is 2. The third kappa shape index (κ3) is 3.51. The van der Waals surface area contributed by atoms with Gasteiger partial charge in [0, 0.05) is 11.1 Å². The molecule has 6 heteroatoms. The van der Waals surface area contributed by atoms with Gasteiger partial charge >= 0.3 is 11.9 Å². The van der Waals surface area contributed by atoms with Crippen molar-refractivity contribution in [3.05, 3.63) is 83.9 Å². The Balaban J connectivity index is 2.07. The van der Waals surface area contributed by atoms with Crippen LogP contribution in [0.5, 0.6) is 0 Å². The molecule has 6 nitrogen and oxygen atoms in total. The maximum absolute atomic E-state index is 12.5. The number of hydrogen-bond donors (Lipinski definition) is 0. The van der Waals surface area contributed by atoms with E-state index >= 15 is 0 Å². The van der Waals surface area contributed by atoms with E-state index in [9.17, 15) is 9.59 Å². The first-order valence-corrected chi connectivity index (χ1v) is 9.25. The van der Waals surface area contributed by atoms with Crippen molar-refractivity contribution >= 4 is 23.0 Å². The summed E-state index contributed by atoms with van der Waals surface area (Å²) in [5.41, 5.74) is 4.34. The quantitative estimate of drug-likeness (QED) is 0.470. The Labute approximate surface area is 173 Å². The highest BCUT2D eigenvalue weighted by Gasteiger charge is 2.22. The van der Waals surface area contributed by atoms with Crippen LogP contribution in [-0.4, -0.2) is 36.1 Å². The number of nitrogens with zero attached hydrogens (tertiary/aromatic N) is 2. The van der Waals surface area contributed by atoms with Crippen molar-refractivity contribution in [2.75, 3.05) is 14.2 Å². The molecule has 0 aliphatic heterocycles. The Morgan fingerprint density at radius 3 is 1.93 bits per heavy atom. The average molecular weight is 398 g/mol. The van der Waals surface area contributed by atoms with E-state index in [2.05, 4.69) is 0 Å². The van der Waals surface area contributed by atoms with Crippen LogP contribution in [0, 0.1) is 0 Å². The second kappa shape index (κ2) is 8.13. The first kappa shape index (κ1) is 19.3. The van der Waals surface area contributed by atoms with Crippen LogP contribution in [0.3, 0.4) is 0 Å². The van der Waals surface area contributed by atoms with Crippen molar-refractivity contribution in [3.8, 4) is 22.5 Å². The third-order valence-corrected chi connectivity index (χ3v) is 4.72. The van der Waals surface area contributed by atoms with Gasteiger partial charge in [-0.15, -0.1) is 0 Å². The number of hydrogen-bond acceptors (Lipinski definition) is 6. The molecular weight excluding hydrogens is 380 g/mol. The minimum atomic E-state index is -0.532. The fourth-order valence-corrected chi connectivity index (χ4v) is 3.26. The summed E-state index contributed by atoms with van der Waals surface area (Å²) >= 11 is 0. The van der Waals surface area contributed by atoms with Crippen molar-refractivity contribution in [1.82, 2.24) is 9.97 Å². The molecule has 0 N–H and O–H groups in total. The van der Waals surface area contributed by atoms with Gasteiger partial charge in [0.1, 0.15) is 0 Å². The SMILES string of the molecule is COC(=O)c1ccc(C(=O)OC)c(-c2nc3ccccc3nc2-c2ccccc2)c1. The summed E-state index contributed by atoms with van der Waals surface area (Å²) in [5, 5.41) is 0. The van der Waals surface area contributed by atoms with Crippen molar-refractivity contribution in [1.29, 1.82) is 0 Å². The Morgan fingerprint density at radius 1 is 0.700 bits per heavy atom. The molecule has 0 amide bonds. The number of methoxy groups -OCH3 is 2. The molecule has 4 aromatic rings. The van der Waals surface area contributed by atoms with Crippen molar-refractivity contribution in [2.24, 2.45) is 0 Å². The van der Waals surface area contributed by atoms with Gasteiger partial charge in [0.25, 0.3) is 0 Å². The van der Waals surface area contributed by atoms with Gasteiger partial charge in [-0.1, -0.05) is 42.5 Å². The maximum Gasteiger partial charge on any atom is 0.338 e. The Bertz CT molecular complexity index is 1250. The number of fused-ring (bicyclic) bond motifs is 1. The number of esters is 2. The van der Waals surface area contributed by atoms with E-state index in [-0.39, 0.29) is 5.56 Å². The highest BCUT2D eigenvalue weighted by atomic mass is 16.5. The molecule has 0 saturated carbocycles. The lowest BCUT2D eigenvalue weighted by Crippen LogP contribution is -2.08. The normalized spacial score (nSPS) is 10.6. The lowest BCUT2D eigenvalue weighted by Gasteiger charge is -2.14. The Hall–Kier alpha value is -4.06. The van der Waals surface area contributed by atoms with Crippen LogP contribution in [0.4, 0.5) is 0 Å². The van der Waals surface area contributed by atoms with Crippen LogP contribution in [-0.2, 0) is 9.47 Å². The minimum Gasteiger partial charge on any atom is -0.465 e. The molecule has 0 saturated heterocycles. The van der Waals surface area contributed by atoms with Gasteiger partial charge in [-0.3, -0.25) is 0 Å². The van der Waals surface area contributed by atoms with E-state index in [1.807, 2.05) is 54.6 Å². The lowest BCUT2D eigenvalue weighted by atomic mass is 9.97. The summed E-state index contributed by atoms with van der Waals surface area (Å²) in [4.78, 5) is 34.2. The van der Waals surface area contributed by atoms with E-state index in [0.717, 1.165) is 11.1 Å². The van der Waals surface area contributed by atoms with Crippen LogP contribution in [0.25, 0.3) is 33.5 Å². The second-order valence-electron chi connectivity index (χ2n) is 6.52.